The summed E-state index contributed by atoms with van der Waals surface area (Å²) in [5, 5.41) is 7.26. The summed E-state index contributed by atoms with van der Waals surface area (Å²) in [5.41, 5.74) is 10.5. The van der Waals surface area contributed by atoms with Gasteiger partial charge in [-0.15, -0.1) is 11.3 Å². The molecule has 1 unspecified atom stereocenters. The predicted molar refractivity (Wildman–Crippen MR) is 158 cm³/mol. The minimum absolute atomic E-state index is 0.0901. The number of nitroso groups, excluding NO2 is 1. The Morgan fingerprint density at radius 1 is 1.24 bits per heavy atom. The number of halogens is 1. The number of fused-ring (bicyclic) bond motifs is 1. The molecule has 1 atom stereocenters. The topological polar surface area (TPSA) is 111 Å². The number of anilines is 1. The highest BCUT2D eigenvalue weighted by atomic mass is 35.5. The van der Waals surface area contributed by atoms with E-state index in [0.29, 0.717) is 31.0 Å². The van der Waals surface area contributed by atoms with Crippen LogP contribution >= 0.6 is 22.9 Å². The van der Waals surface area contributed by atoms with Gasteiger partial charge >= 0.3 is 0 Å². The van der Waals surface area contributed by atoms with Crippen molar-refractivity contribution < 1.29 is 14.3 Å². The van der Waals surface area contributed by atoms with Gasteiger partial charge in [0.05, 0.1) is 18.7 Å². The number of nitrogens with zero attached hydrogens (tertiary/aromatic N) is 1. The lowest BCUT2D eigenvalue weighted by Gasteiger charge is -2.22. The molecule has 1 aromatic carbocycles. The Labute approximate surface area is 235 Å². The summed E-state index contributed by atoms with van der Waals surface area (Å²) >= 11 is 8.38. The standard InChI is InChI=1S/C22H26ClN3O3S.C4H8.C3H6O/c1-13(27)25-10-9-18(23)20(15-4-6-16(29-2)7-5-15)21-17-8-3-14(12-26-28)11-19(17)30-22(21)24;1-2-4-3-1;1-2-3-4/h4-7,14H,3,8-12,24H2,1-2H3,(H,25,27);1-4H2;3H,2H2,1H3/b20-18+;;. The van der Waals surface area contributed by atoms with Crippen LogP contribution in [0.5, 0.6) is 5.75 Å². The summed E-state index contributed by atoms with van der Waals surface area (Å²) in [6, 6.07) is 7.74. The highest BCUT2D eigenvalue weighted by Gasteiger charge is 2.28. The number of aldehydes is 1. The Morgan fingerprint density at radius 2 is 1.87 bits per heavy atom. The van der Waals surface area contributed by atoms with Crippen molar-refractivity contribution in [2.24, 2.45) is 11.1 Å². The van der Waals surface area contributed by atoms with Gasteiger partial charge in [-0.2, -0.15) is 4.91 Å². The number of rotatable bonds is 9. The molecule has 2 aliphatic rings. The Bertz CT molecular complexity index is 1070. The van der Waals surface area contributed by atoms with E-state index in [4.69, 9.17) is 22.1 Å². The number of ether oxygens (including phenoxy) is 1. The summed E-state index contributed by atoms with van der Waals surface area (Å²) in [5.74, 6) is 0.939. The Hall–Kier alpha value is -2.71. The number of carbonyl (C=O) groups is 2. The maximum Gasteiger partial charge on any atom is 0.216 e. The number of benzene rings is 1. The first-order valence-corrected chi connectivity index (χ1v) is 14.5. The third kappa shape index (κ3) is 9.55. The smallest absolute Gasteiger partial charge is 0.216 e. The number of carbonyl (C=O) groups excluding carboxylic acids is 2. The zero-order chi connectivity index (χ0) is 27.9. The molecule has 0 radical (unpaired) electrons. The van der Waals surface area contributed by atoms with Gasteiger partial charge in [0, 0.05) is 47.4 Å². The summed E-state index contributed by atoms with van der Waals surface area (Å²) in [4.78, 5) is 32.3. The van der Waals surface area contributed by atoms with Crippen LogP contribution in [0.2, 0.25) is 0 Å². The molecule has 1 aromatic heterocycles. The molecule has 208 valence electrons. The minimum atomic E-state index is -0.0901. The molecule has 9 heteroatoms. The van der Waals surface area contributed by atoms with Gasteiger partial charge in [-0.25, -0.2) is 0 Å². The van der Waals surface area contributed by atoms with Gasteiger partial charge in [0.15, 0.2) is 0 Å². The van der Waals surface area contributed by atoms with Crippen molar-refractivity contribution in [1.82, 2.24) is 5.32 Å². The van der Waals surface area contributed by atoms with Crippen molar-refractivity contribution in [3.05, 3.63) is 55.8 Å². The zero-order valence-electron chi connectivity index (χ0n) is 22.7. The first-order valence-electron chi connectivity index (χ1n) is 13.3. The molecule has 1 amide bonds. The number of nitrogens with one attached hydrogen (secondary N) is 1. The number of nitrogens with two attached hydrogens (primary N) is 1. The van der Waals surface area contributed by atoms with E-state index in [1.807, 2.05) is 31.2 Å². The molecular formula is C29H40ClN3O4S. The predicted octanol–water partition coefficient (Wildman–Crippen LogP) is 6.89. The van der Waals surface area contributed by atoms with Gasteiger partial charge in [0.2, 0.25) is 5.91 Å². The molecule has 2 aromatic rings. The summed E-state index contributed by atoms with van der Waals surface area (Å²) in [6.07, 6.45) is 10.6. The van der Waals surface area contributed by atoms with Gasteiger partial charge in [-0.05, 0) is 48.4 Å². The highest BCUT2D eigenvalue weighted by Crippen LogP contribution is 2.45. The van der Waals surface area contributed by atoms with Crippen molar-refractivity contribution in [2.45, 2.75) is 71.6 Å². The Morgan fingerprint density at radius 3 is 2.37 bits per heavy atom. The second kappa shape index (κ2) is 17.0. The van der Waals surface area contributed by atoms with E-state index in [-0.39, 0.29) is 11.8 Å². The van der Waals surface area contributed by atoms with Gasteiger partial charge in [0.1, 0.15) is 12.0 Å². The van der Waals surface area contributed by atoms with E-state index in [1.54, 1.807) is 18.4 Å². The maximum atomic E-state index is 11.3. The summed E-state index contributed by atoms with van der Waals surface area (Å²) in [7, 11) is 1.63. The Kier molecular flexibility index (Phi) is 14.1. The normalized spacial score (nSPS) is 16.2. The van der Waals surface area contributed by atoms with Crippen molar-refractivity contribution in [3.63, 3.8) is 0 Å². The molecular weight excluding hydrogens is 522 g/mol. The first kappa shape index (κ1) is 31.5. The van der Waals surface area contributed by atoms with Crippen LogP contribution in [0.3, 0.4) is 0 Å². The fourth-order valence-corrected chi connectivity index (χ4v) is 5.67. The first-order chi connectivity index (χ1) is 18.4. The molecule has 0 saturated heterocycles. The van der Waals surface area contributed by atoms with Crippen LogP contribution in [-0.2, 0) is 22.4 Å². The van der Waals surface area contributed by atoms with Crippen LogP contribution in [0, 0.1) is 10.8 Å². The Balaban J connectivity index is 0.000000547. The lowest BCUT2D eigenvalue weighted by Crippen LogP contribution is -2.21. The van der Waals surface area contributed by atoms with E-state index in [9.17, 15) is 14.5 Å². The van der Waals surface area contributed by atoms with Crippen LogP contribution < -0.4 is 15.8 Å². The average Bonchev–Trinajstić information content (AvgIpc) is 3.18. The van der Waals surface area contributed by atoms with E-state index in [1.165, 1.54) is 43.0 Å². The van der Waals surface area contributed by atoms with Crippen LogP contribution in [-0.4, -0.2) is 32.4 Å². The van der Waals surface area contributed by atoms with Crippen molar-refractivity contribution in [1.29, 1.82) is 0 Å². The number of nitrogen functional groups attached to an aromatic ring is 1. The zero-order valence-corrected chi connectivity index (χ0v) is 24.3. The number of amides is 1. The monoisotopic (exact) mass is 561 g/mol. The number of hydrogen-bond acceptors (Lipinski definition) is 7. The molecule has 2 aliphatic carbocycles. The van der Waals surface area contributed by atoms with Gasteiger partial charge < -0.3 is 20.6 Å². The molecule has 3 N–H and O–H groups in total. The summed E-state index contributed by atoms with van der Waals surface area (Å²) in [6.45, 7) is 4.09. The molecule has 1 fully saturated rings. The van der Waals surface area contributed by atoms with Crippen LogP contribution in [0.4, 0.5) is 5.00 Å². The fourth-order valence-electron chi connectivity index (χ4n) is 4.13. The maximum absolute atomic E-state index is 11.3. The van der Waals surface area contributed by atoms with Crippen molar-refractivity contribution in [2.75, 3.05) is 25.9 Å². The van der Waals surface area contributed by atoms with Crippen molar-refractivity contribution in [3.8, 4) is 5.75 Å². The summed E-state index contributed by atoms with van der Waals surface area (Å²) < 4.78 is 5.29. The van der Waals surface area contributed by atoms with Gasteiger partial charge in [-0.3, -0.25) is 4.79 Å². The minimum Gasteiger partial charge on any atom is -0.497 e. The fraction of sp³-hybridized carbons (Fsp3) is 0.517. The van der Waals surface area contributed by atoms with Crippen molar-refractivity contribution >= 4 is 45.7 Å². The SMILES string of the molecule is C1CCC1.CCC=O.COc1ccc(/C(=C(\Cl)CCNC(C)=O)c2c(N)sc3c2CCC(CN=O)C3)cc1. The molecule has 7 nitrogen and oxygen atoms in total. The quantitative estimate of drug-likeness (QED) is 0.256. The average molecular weight is 562 g/mol. The third-order valence-corrected chi connectivity index (χ3v) is 7.97. The van der Waals surface area contributed by atoms with E-state index < -0.39 is 0 Å². The molecule has 1 saturated carbocycles. The number of hydrogen-bond donors (Lipinski definition) is 2. The number of thiophene rings is 1. The molecule has 0 aliphatic heterocycles. The van der Waals surface area contributed by atoms with Gasteiger partial charge in [-0.1, -0.05) is 61.5 Å². The number of methoxy groups -OCH3 is 1. The molecule has 0 spiro atoms. The van der Waals surface area contributed by atoms with Crippen LogP contribution in [0.1, 0.15) is 80.4 Å². The van der Waals surface area contributed by atoms with E-state index >= 15 is 0 Å². The van der Waals surface area contributed by atoms with Gasteiger partial charge in [0.25, 0.3) is 0 Å². The lowest BCUT2D eigenvalue weighted by molar-refractivity contribution is -0.118. The van der Waals surface area contributed by atoms with Crippen LogP contribution in [0.15, 0.2) is 34.5 Å². The van der Waals surface area contributed by atoms with E-state index in [2.05, 4.69) is 10.5 Å². The molecule has 4 rings (SSSR count). The lowest BCUT2D eigenvalue weighted by atomic mass is 9.84. The molecule has 1 heterocycles. The highest BCUT2D eigenvalue weighted by molar-refractivity contribution is 7.16. The molecule has 38 heavy (non-hydrogen) atoms. The van der Waals surface area contributed by atoms with E-state index in [0.717, 1.165) is 53.0 Å². The molecule has 0 bridgehead atoms. The largest absolute Gasteiger partial charge is 0.497 e. The van der Waals surface area contributed by atoms with Crippen LogP contribution in [0.25, 0.3) is 5.57 Å². The second-order valence-electron chi connectivity index (χ2n) is 9.39. The second-order valence-corrected chi connectivity index (χ2v) is 11.0. The third-order valence-electron chi connectivity index (χ3n) is 6.51.